The Morgan fingerprint density at radius 3 is 2.12 bits per heavy atom. The number of hydrogen-bond acceptors (Lipinski definition) is 5. The van der Waals surface area contributed by atoms with Crippen LogP contribution in [0.15, 0.2) is 0 Å². The van der Waals surface area contributed by atoms with Crippen LogP contribution in [0, 0.1) is 29.1 Å². The van der Waals surface area contributed by atoms with Gasteiger partial charge in [0.1, 0.15) is 5.60 Å². The Morgan fingerprint density at radius 2 is 1.65 bits per heavy atom. The fraction of sp³-hybridized carbons (Fsp3) is 0.905. The second-order valence-electron chi connectivity index (χ2n) is 9.26. The van der Waals surface area contributed by atoms with E-state index in [0.29, 0.717) is 18.3 Å². The Bertz CT molecular complexity index is 529. The van der Waals surface area contributed by atoms with E-state index in [1.165, 1.54) is 39.2 Å². The third-order valence-electron chi connectivity index (χ3n) is 7.51. The molecule has 148 valence electrons. The molecule has 4 fully saturated rings. The molecule has 2 atom stereocenters. The zero-order valence-electron chi connectivity index (χ0n) is 16.9. The first-order valence-electron chi connectivity index (χ1n) is 10.2. The largest absolute Gasteiger partial charge is 0.459 e. The molecule has 0 aromatic heterocycles. The Kier molecular flexibility index (Phi) is 5.40. The second-order valence-corrected chi connectivity index (χ2v) is 9.26. The summed E-state index contributed by atoms with van der Waals surface area (Å²) in [4.78, 5) is 25.3. The molecule has 0 aromatic carbocycles. The van der Waals surface area contributed by atoms with E-state index in [-0.39, 0.29) is 18.0 Å². The van der Waals surface area contributed by atoms with Gasteiger partial charge in [-0.1, -0.05) is 6.92 Å². The van der Waals surface area contributed by atoms with Crippen LogP contribution in [0.2, 0.25) is 0 Å². The molecule has 0 heterocycles. The van der Waals surface area contributed by atoms with Gasteiger partial charge in [-0.25, -0.2) is 0 Å². The Morgan fingerprint density at radius 1 is 1.12 bits per heavy atom. The Hall–Kier alpha value is -1.10. The molecule has 0 aromatic rings. The van der Waals surface area contributed by atoms with Crippen molar-refractivity contribution in [3.63, 3.8) is 0 Å². The molecular formula is C21H34O5. The van der Waals surface area contributed by atoms with Crippen molar-refractivity contribution < 1.29 is 23.8 Å². The van der Waals surface area contributed by atoms with E-state index < -0.39 is 17.7 Å². The van der Waals surface area contributed by atoms with E-state index >= 15 is 0 Å². The minimum Gasteiger partial charge on any atom is -0.459 e. The van der Waals surface area contributed by atoms with Gasteiger partial charge in [0.2, 0.25) is 0 Å². The summed E-state index contributed by atoms with van der Waals surface area (Å²) in [5.74, 6) is 1.95. The summed E-state index contributed by atoms with van der Waals surface area (Å²) in [5, 5.41) is 0. The Balaban J connectivity index is 1.64. The average molecular weight is 366 g/mol. The number of rotatable bonds is 7. The van der Waals surface area contributed by atoms with E-state index in [1.54, 1.807) is 13.8 Å². The lowest BCUT2D eigenvalue weighted by Crippen LogP contribution is -2.58. The predicted octanol–water partition coefficient (Wildman–Crippen LogP) is 4.09. The molecule has 5 heteroatoms. The normalized spacial score (nSPS) is 38.5. The minimum absolute atomic E-state index is 0.0562. The van der Waals surface area contributed by atoms with Gasteiger partial charge < -0.3 is 14.2 Å². The highest BCUT2D eigenvalue weighted by molar-refractivity contribution is 5.83. The van der Waals surface area contributed by atoms with Gasteiger partial charge in [0.15, 0.2) is 6.29 Å². The number of esters is 2. The van der Waals surface area contributed by atoms with Crippen molar-refractivity contribution in [3.8, 4) is 0 Å². The van der Waals surface area contributed by atoms with Crippen LogP contribution in [-0.2, 0) is 23.8 Å². The summed E-state index contributed by atoms with van der Waals surface area (Å²) in [5.41, 5.74) is -1.24. The number of hydrogen-bond donors (Lipinski definition) is 0. The van der Waals surface area contributed by atoms with Crippen molar-refractivity contribution >= 4 is 11.9 Å². The summed E-state index contributed by atoms with van der Waals surface area (Å²) in [6, 6.07) is 0. The van der Waals surface area contributed by atoms with Crippen molar-refractivity contribution in [2.75, 3.05) is 7.11 Å². The van der Waals surface area contributed by atoms with E-state index in [2.05, 4.69) is 6.92 Å². The van der Waals surface area contributed by atoms with Crippen molar-refractivity contribution in [2.45, 2.75) is 84.5 Å². The Labute approximate surface area is 157 Å². The average Bonchev–Trinajstić information content (AvgIpc) is 2.58. The first kappa shape index (κ1) is 19.7. The highest BCUT2D eigenvalue weighted by Crippen LogP contribution is 2.59. The lowest BCUT2D eigenvalue weighted by molar-refractivity contribution is -0.208. The highest BCUT2D eigenvalue weighted by atomic mass is 16.7. The summed E-state index contributed by atoms with van der Waals surface area (Å²) in [7, 11) is 1.49. The van der Waals surface area contributed by atoms with Crippen LogP contribution in [0.5, 0.6) is 0 Å². The zero-order valence-corrected chi connectivity index (χ0v) is 16.9. The topological polar surface area (TPSA) is 61.8 Å². The SMILES string of the molecule is CCC(C)(CC(=O)OC1(C)C2CC3CC(C2)CC1C3)C(=O)OC(C)OC. The van der Waals surface area contributed by atoms with Crippen LogP contribution in [0.3, 0.4) is 0 Å². The van der Waals surface area contributed by atoms with Crippen LogP contribution >= 0.6 is 0 Å². The van der Waals surface area contributed by atoms with Crippen molar-refractivity contribution in [1.82, 2.24) is 0 Å². The molecule has 0 N–H and O–H groups in total. The standard InChI is InChI=1S/C21H34O5/c1-6-20(3,19(23)25-13(2)24-5)12-18(22)26-21(4)16-8-14-7-15(10-16)11-17(21)9-14/h13-17H,6-12H2,1-5H3. The molecule has 0 radical (unpaired) electrons. The van der Waals surface area contributed by atoms with Gasteiger partial charge in [-0.2, -0.15) is 0 Å². The van der Waals surface area contributed by atoms with Gasteiger partial charge in [0.25, 0.3) is 0 Å². The maximum atomic E-state index is 12.8. The van der Waals surface area contributed by atoms with E-state index in [0.717, 1.165) is 11.8 Å². The van der Waals surface area contributed by atoms with Gasteiger partial charge in [-0.15, -0.1) is 0 Å². The molecule has 4 aliphatic rings. The molecule has 0 spiro atoms. The highest BCUT2D eigenvalue weighted by Gasteiger charge is 2.57. The quantitative estimate of drug-likeness (QED) is 0.502. The molecule has 0 amide bonds. The van der Waals surface area contributed by atoms with Crippen LogP contribution in [0.25, 0.3) is 0 Å². The van der Waals surface area contributed by atoms with Gasteiger partial charge >= 0.3 is 11.9 Å². The molecule has 2 unspecified atom stereocenters. The first-order valence-corrected chi connectivity index (χ1v) is 10.2. The van der Waals surface area contributed by atoms with Gasteiger partial charge in [-0.3, -0.25) is 9.59 Å². The molecule has 26 heavy (non-hydrogen) atoms. The van der Waals surface area contributed by atoms with E-state index in [4.69, 9.17) is 14.2 Å². The summed E-state index contributed by atoms with van der Waals surface area (Å²) >= 11 is 0. The summed E-state index contributed by atoms with van der Waals surface area (Å²) < 4.78 is 16.4. The molecular weight excluding hydrogens is 332 g/mol. The van der Waals surface area contributed by atoms with Crippen LogP contribution < -0.4 is 0 Å². The van der Waals surface area contributed by atoms with Crippen LogP contribution in [0.4, 0.5) is 0 Å². The van der Waals surface area contributed by atoms with Gasteiger partial charge in [-0.05, 0) is 83.0 Å². The molecule has 4 rings (SSSR count). The van der Waals surface area contributed by atoms with Crippen molar-refractivity contribution in [1.29, 1.82) is 0 Å². The van der Waals surface area contributed by atoms with Crippen molar-refractivity contribution in [3.05, 3.63) is 0 Å². The summed E-state index contributed by atoms with van der Waals surface area (Å²) in [6.45, 7) is 7.48. The number of ether oxygens (including phenoxy) is 3. The maximum Gasteiger partial charge on any atom is 0.314 e. The third-order valence-corrected chi connectivity index (χ3v) is 7.51. The third kappa shape index (κ3) is 3.51. The fourth-order valence-electron chi connectivity index (χ4n) is 5.57. The fourth-order valence-corrected chi connectivity index (χ4v) is 5.57. The molecule has 4 bridgehead atoms. The molecule has 0 aliphatic heterocycles. The van der Waals surface area contributed by atoms with Gasteiger partial charge in [0.05, 0.1) is 11.8 Å². The number of methoxy groups -OCH3 is 1. The number of carbonyl (C=O) groups excluding carboxylic acids is 2. The molecule has 4 aliphatic carbocycles. The lowest BCUT2D eigenvalue weighted by Gasteiger charge is -2.59. The van der Waals surface area contributed by atoms with Crippen molar-refractivity contribution in [2.24, 2.45) is 29.1 Å². The van der Waals surface area contributed by atoms with E-state index in [1.807, 2.05) is 6.92 Å². The van der Waals surface area contributed by atoms with Gasteiger partial charge in [0, 0.05) is 7.11 Å². The monoisotopic (exact) mass is 366 g/mol. The number of carbonyl (C=O) groups is 2. The smallest absolute Gasteiger partial charge is 0.314 e. The summed E-state index contributed by atoms with van der Waals surface area (Å²) in [6.07, 6.45) is 6.08. The van der Waals surface area contributed by atoms with Crippen LogP contribution in [-0.4, -0.2) is 30.9 Å². The molecule has 0 saturated heterocycles. The van der Waals surface area contributed by atoms with E-state index in [9.17, 15) is 9.59 Å². The molecule has 5 nitrogen and oxygen atoms in total. The second kappa shape index (κ2) is 7.14. The molecule has 4 saturated carbocycles. The first-order chi connectivity index (χ1) is 12.2. The minimum atomic E-state index is -0.883. The maximum absolute atomic E-state index is 12.8. The lowest BCUT2D eigenvalue weighted by atomic mass is 9.50. The van der Waals surface area contributed by atoms with Crippen LogP contribution in [0.1, 0.15) is 72.6 Å². The zero-order chi connectivity index (χ0) is 19.1. The predicted molar refractivity (Wildman–Crippen MR) is 97.1 cm³/mol.